The van der Waals surface area contributed by atoms with E-state index < -0.39 is 0 Å². The highest BCUT2D eigenvalue weighted by Crippen LogP contribution is 2.26. The Morgan fingerprint density at radius 1 is 0.793 bits per heavy atom. The Kier molecular flexibility index (Phi) is 10.8. The van der Waals surface area contributed by atoms with E-state index in [0.717, 1.165) is 32.1 Å². The Bertz CT molecular complexity index is 629. The van der Waals surface area contributed by atoms with Crippen molar-refractivity contribution in [3.05, 3.63) is 29.8 Å². The van der Waals surface area contributed by atoms with Crippen LogP contribution >= 0.6 is 0 Å². The van der Waals surface area contributed by atoms with E-state index in [4.69, 9.17) is 0 Å². The maximum Gasteiger partial charge on any atom is 0.256 e. The van der Waals surface area contributed by atoms with Crippen LogP contribution < -0.4 is 5.32 Å². The number of nitrogens with one attached hydrogen (secondary N) is 1. The maximum atomic E-state index is 13.3. The molecule has 1 aromatic carbocycles. The molecule has 0 spiro atoms. The Hall–Kier alpha value is -1.84. The van der Waals surface area contributed by atoms with Gasteiger partial charge in [-0.3, -0.25) is 9.59 Å². The number of anilines is 1. The summed E-state index contributed by atoms with van der Waals surface area (Å²) in [6, 6.07) is 7.06. The van der Waals surface area contributed by atoms with Crippen LogP contribution in [0.2, 0.25) is 0 Å². The number of benzene rings is 1. The number of amides is 2. The second-order valence-electron chi connectivity index (χ2n) is 8.37. The molecule has 162 valence electrons. The minimum atomic E-state index is -0.351. The lowest BCUT2D eigenvalue weighted by Crippen LogP contribution is -2.45. The van der Waals surface area contributed by atoms with Gasteiger partial charge in [0.15, 0.2) is 0 Å². The maximum absolute atomic E-state index is 13.3. The summed E-state index contributed by atoms with van der Waals surface area (Å²) in [6.45, 7) is 5.10. The number of hydrogen-bond donors (Lipinski definition) is 1. The number of carbonyl (C=O) groups excluding carboxylic acids is 2. The number of fused-ring (bicyclic) bond motifs is 1. The molecular formula is C25H40N2O2. The summed E-state index contributed by atoms with van der Waals surface area (Å²) >= 11 is 0. The predicted octanol–water partition coefficient (Wildman–Crippen LogP) is 6.56. The SMILES string of the molecule is CCCCCCCCCCN1C(=O)c2ccccc2NC(=O)[C@H]1CCCCCC. The van der Waals surface area contributed by atoms with Gasteiger partial charge in [-0.1, -0.05) is 96.6 Å². The molecule has 0 bridgehead atoms. The topological polar surface area (TPSA) is 49.4 Å². The van der Waals surface area contributed by atoms with E-state index >= 15 is 0 Å². The van der Waals surface area contributed by atoms with Gasteiger partial charge in [-0.25, -0.2) is 0 Å². The molecule has 2 amide bonds. The highest BCUT2D eigenvalue weighted by atomic mass is 16.2. The predicted molar refractivity (Wildman–Crippen MR) is 121 cm³/mol. The van der Waals surface area contributed by atoms with Crippen LogP contribution in [0.25, 0.3) is 0 Å². The molecule has 1 N–H and O–H groups in total. The highest BCUT2D eigenvalue weighted by molar-refractivity contribution is 6.09. The molecule has 2 rings (SSSR count). The quantitative estimate of drug-likeness (QED) is 0.359. The standard InChI is InChI=1S/C25H40N2O2/c1-3-5-7-9-10-11-12-16-20-27-23(19-13-8-6-4-2)24(28)26-22-18-15-14-17-21(22)25(27)29/h14-15,17-18,23H,3-13,16,19-20H2,1-2H3,(H,26,28)/t23-/m1/s1. The second kappa shape index (κ2) is 13.4. The van der Waals surface area contributed by atoms with Crippen LogP contribution in [-0.2, 0) is 4.79 Å². The summed E-state index contributed by atoms with van der Waals surface area (Å²) in [5.74, 6) is -0.0262. The molecule has 4 nitrogen and oxygen atoms in total. The van der Waals surface area contributed by atoms with Crippen LogP contribution in [-0.4, -0.2) is 29.3 Å². The lowest BCUT2D eigenvalue weighted by molar-refractivity contribution is -0.120. The first-order valence-electron chi connectivity index (χ1n) is 11.9. The number of carbonyl (C=O) groups is 2. The van der Waals surface area contributed by atoms with Crippen molar-refractivity contribution in [3.63, 3.8) is 0 Å². The van der Waals surface area contributed by atoms with E-state index in [0.29, 0.717) is 17.8 Å². The lowest BCUT2D eigenvalue weighted by Gasteiger charge is -2.29. The van der Waals surface area contributed by atoms with Gasteiger partial charge in [0, 0.05) is 6.54 Å². The monoisotopic (exact) mass is 400 g/mol. The first-order chi connectivity index (χ1) is 14.2. The van der Waals surface area contributed by atoms with Gasteiger partial charge in [0.2, 0.25) is 5.91 Å². The van der Waals surface area contributed by atoms with Crippen molar-refractivity contribution in [2.75, 3.05) is 11.9 Å². The molecule has 0 fully saturated rings. The molecular weight excluding hydrogens is 360 g/mol. The van der Waals surface area contributed by atoms with E-state index in [2.05, 4.69) is 19.2 Å². The largest absolute Gasteiger partial charge is 0.327 e. The summed E-state index contributed by atoms with van der Waals surface area (Å²) in [6.07, 6.45) is 15.1. The summed E-state index contributed by atoms with van der Waals surface area (Å²) in [4.78, 5) is 28.0. The van der Waals surface area contributed by atoms with Gasteiger partial charge < -0.3 is 10.2 Å². The first kappa shape index (κ1) is 23.4. The van der Waals surface area contributed by atoms with Crippen LogP contribution in [0, 0.1) is 0 Å². The van der Waals surface area contributed by atoms with E-state index in [1.807, 2.05) is 29.2 Å². The molecule has 0 unspecified atom stereocenters. The van der Waals surface area contributed by atoms with Crippen molar-refractivity contribution >= 4 is 17.5 Å². The fourth-order valence-electron chi connectivity index (χ4n) is 4.16. The third-order valence-electron chi connectivity index (χ3n) is 5.94. The Morgan fingerprint density at radius 2 is 1.38 bits per heavy atom. The molecule has 0 saturated heterocycles. The average molecular weight is 401 g/mol. The van der Waals surface area contributed by atoms with Crippen LogP contribution in [0.5, 0.6) is 0 Å². The Balaban J connectivity index is 1.96. The van der Waals surface area contributed by atoms with Crippen molar-refractivity contribution in [3.8, 4) is 0 Å². The molecule has 0 aliphatic carbocycles. The Morgan fingerprint density at radius 3 is 2.07 bits per heavy atom. The van der Waals surface area contributed by atoms with Gasteiger partial charge in [-0.15, -0.1) is 0 Å². The lowest BCUT2D eigenvalue weighted by atomic mass is 10.0. The molecule has 1 heterocycles. The Labute approximate surface area is 177 Å². The molecule has 1 aromatic rings. The fraction of sp³-hybridized carbons (Fsp3) is 0.680. The summed E-state index contributed by atoms with van der Waals surface area (Å²) in [5.41, 5.74) is 1.27. The number of hydrogen-bond acceptors (Lipinski definition) is 2. The number of unbranched alkanes of at least 4 members (excludes halogenated alkanes) is 10. The smallest absolute Gasteiger partial charge is 0.256 e. The highest BCUT2D eigenvalue weighted by Gasteiger charge is 2.34. The first-order valence-corrected chi connectivity index (χ1v) is 11.9. The molecule has 1 aliphatic rings. The molecule has 4 heteroatoms. The van der Waals surface area contributed by atoms with Gasteiger partial charge in [-0.2, -0.15) is 0 Å². The number of nitrogens with zero attached hydrogens (tertiary/aromatic N) is 1. The normalized spacial score (nSPS) is 16.5. The van der Waals surface area contributed by atoms with Gasteiger partial charge >= 0.3 is 0 Å². The minimum Gasteiger partial charge on any atom is -0.327 e. The average Bonchev–Trinajstić information content (AvgIpc) is 2.82. The molecule has 1 atom stereocenters. The third-order valence-corrected chi connectivity index (χ3v) is 5.94. The van der Waals surface area contributed by atoms with E-state index in [1.165, 1.54) is 51.4 Å². The molecule has 29 heavy (non-hydrogen) atoms. The summed E-state index contributed by atoms with van der Waals surface area (Å²) in [5, 5.41) is 3.00. The van der Waals surface area contributed by atoms with Gasteiger partial charge in [0.1, 0.15) is 6.04 Å². The zero-order chi connectivity index (χ0) is 20.9. The van der Waals surface area contributed by atoms with Gasteiger partial charge in [0.25, 0.3) is 5.91 Å². The van der Waals surface area contributed by atoms with Crippen molar-refractivity contribution < 1.29 is 9.59 Å². The molecule has 0 aromatic heterocycles. The third kappa shape index (κ3) is 7.49. The number of para-hydroxylation sites is 1. The van der Waals surface area contributed by atoms with Gasteiger partial charge in [0.05, 0.1) is 11.3 Å². The minimum absolute atomic E-state index is 0.00221. The van der Waals surface area contributed by atoms with Crippen LogP contribution in [0.15, 0.2) is 24.3 Å². The summed E-state index contributed by atoms with van der Waals surface area (Å²) in [7, 11) is 0. The molecule has 0 radical (unpaired) electrons. The zero-order valence-electron chi connectivity index (χ0n) is 18.5. The van der Waals surface area contributed by atoms with Crippen LogP contribution in [0.3, 0.4) is 0 Å². The van der Waals surface area contributed by atoms with Crippen molar-refractivity contribution in [1.29, 1.82) is 0 Å². The summed E-state index contributed by atoms with van der Waals surface area (Å²) < 4.78 is 0. The van der Waals surface area contributed by atoms with Crippen molar-refractivity contribution in [1.82, 2.24) is 4.90 Å². The van der Waals surface area contributed by atoms with E-state index in [1.54, 1.807) is 0 Å². The van der Waals surface area contributed by atoms with Crippen molar-refractivity contribution in [2.24, 2.45) is 0 Å². The fourth-order valence-corrected chi connectivity index (χ4v) is 4.16. The van der Waals surface area contributed by atoms with Crippen LogP contribution in [0.1, 0.15) is 108 Å². The van der Waals surface area contributed by atoms with E-state index in [9.17, 15) is 9.59 Å². The molecule has 0 saturated carbocycles. The second-order valence-corrected chi connectivity index (χ2v) is 8.37. The zero-order valence-corrected chi connectivity index (χ0v) is 18.5. The van der Waals surface area contributed by atoms with Gasteiger partial charge in [-0.05, 0) is 25.0 Å². The van der Waals surface area contributed by atoms with Crippen molar-refractivity contribution in [2.45, 2.75) is 103 Å². The number of rotatable bonds is 14. The van der Waals surface area contributed by atoms with E-state index in [-0.39, 0.29) is 17.9 Å². The van der Waals surface area contributed by atoms with Crippen LogP contribution in [0.4, 0.5) is 5.69 Å². The molecule has 1 aliphatic heterocycles.